The Morgan fingerprint density at radius 3 is 2.60 bits per heavy atom. The molecule has 2 N–H and O–H groups in total. The SMILES string of the molecule is CC(C)(C)OC(=O)N1CCCC1C(=O)OC1CCc2c(ccc3c2OCc2cc(N)ccc2-3)C1=O. The van der Waals surface area contributed by atoms with E-state index in [4.69, 9.17) is 19.9 Å². The molecule has 1 saturated heterocycles. The molecule has 0 spiro atoms. The molecule has 0 saturated carbocycles. The van der Waals surface area contributed by atoms with Gasteiger partial charge in [0.1, 0.15) is 24.0 Å². The number of benzene rings is 2. The molecular weight excluding hydrogens is 448 g/mol. The summed E-state index contributed by atoms with van der Waals surface area (Å²) in [6.07, 6.45) is 0.656. The first-order valence-electron chi connectivity index (χ1n) is 12.0. The van der Waals surface area contributed by atoms with Crippen molar-refractivity contribution in [1.29, 1.82) is 0 Å². The maximum atomic E-state index is 13.3. The van der Waals surface area contributed by atoms with Gasteiger partial charge in [-0.3, -0.25) is 9.69 Å². The van der Waals surface area contributed by atoms with Crippen molar-refractivity contribution in [1.82, 2.24) is 4.90 Å². The first-order chi connectivity index (χ1) is 16.6. The van der Waals surface area contributed by atoms with E-state index in [0.29, 0.717) is 55.8 Å². The molecule has 1 amide bonds. The van der Waals surface area contributed by atoms with Gasteiger partial charge in [-0.15, -0.1) is 0 Å². The van der Waals surface area contributed by atoms with Crippen LogP contribution in [0.4, 0.5) is 10.5 Å². The van der Waals surface area contributed by atoms with E-state index >= 15 is 0 Å². The highest BCUT2D eigenvalue weighted by Gasteiger charge is 2.41. The van der Waals surface area contributed by atoms with E-state index < -0.39 is 29.8 Å². The van der Waals surface area contributed by atoms with Crippen molar-refractivity contribution in [3.05, 3.63) is 47.0 Å². The lowest BCUT2D eigenvalue weighted by atomic mass is 9.84. The smallest absolute Gasteiger partial charge is 0.411 e. The van der Waals surface area contributed by atoms with Crippen molar-refractivity contribution in [2.75, 3.05) is 12.3 Å². The summed E-state index contributed by atoms with van der Waals surface area (Å²) in [5.41, 5.74) is 10.3. The standard InChI is InChI=1S/C27H30N2O6/c1-27(2,3)35-26(32)29-12-4-5-21(29)25(31)34-22-11-10-20-18(23(22)30)8-9-19-17-7-6-16(28)13-15(17)14-33-24(19)20/h6-9,13,21-22H,4-5,10-12,14,28H2,1-3H3. The van der Waals surface area contributed by atoms with Crippen LogP contribution in [0.25, 0.3) is 11.1 Å². The predicted octanol–water partition coefficient (Wildman–Crippen LogP) is 4.27. The van der Waals surface area contributed by atoms with E-state index in [0.717, 1.165) is 22.3 Å². The first kappa shape index (κ1) is 23.2. The Labute approximate surface area is 204 Å². The Bertz CT molecular complexity index is 1210. The maximum absolute atomic E-state index is 13.3. The van der Waals surface area contributed by atoms with Crippen LogP contribution in [0.5, 0.6) is 5.75 Å². The number of amides is 1. The highest BCUT2D eigenvalue weighted by molar-refractivity contribution is 6.04. The molecule has 2 unspecified atom stereocenters. The van der Waals surface area contributed by atoms with Crippen LogP contribution in [0, 0.1) is 0 Å². The van der Waals surface area contributed by atoms with E-state index in [2.05, 4.69) is 0 Å². The lowest BCUT2D eigenvalue weighted by Crippen LogP contribution is -2.45. The molecule has 0 bridgehead atoms. The number of carbonyl (C=O) groups excluding carboxylic acids is 3. The van der Waals surface area contributed by atoms with Crippen LogP contribution in [0.2, 0.25) is 0 Å². The number of esters is 1. The normalized spacial score (nSPS) is 20.9. The molecule has 2 aromatic carbocycles. The van der Waals surface area contributed by atoms with Crippen molar-refractivity contribution >= 4 is 23.5 Å². The fourth-order valence-corrected chi connectivity index (χ4v) is 5.09. The Balaban J connectivity index is 1.33. The molecule has 8 heteroatoms. The minimum absolute atomic E-state index is 0.240. The maximum Gasteiger partial charge on any atom is 0.411 e. The van der Waals surface area contributed by atoms with Gasteiger partial charge < -0.3 is 19.9 Å². The quantitative estimate of drug-likeness (QED) is 0.507. The molecule has 35 heavy (non-hydrogen) atoms. The second kappa shape index (κ2) is 8.59. The van der Waals surface area contributed by atoms with E-state index in [1.54, 1.807) is 26.8 Å². The van der Waals surface area contributed by atoms with Gasteiger partial charge in [-0.25, -0.2) is 9.59 Å². The number of fused-ring (bicyclic) bond motifs is 5. The third-order valence-corrected chi connectivity index (χ3v) is 6.68. The second-order valence-electron chi connectivity index (χ2n) is 10.3. The third kappa shape index (κ3) is 4.33. The molecule has 2 heterocycles. The number of nitrogens with zero attached hydrogens (tertiary/aromatic N) is 1. The Hall–Kier alpha value is -3.55. The van der Waals surface area contributed by atoms with Gasteiger partial charge in [0, 0.05) is 28.9 Å². The molecule has 5 rings (SSSR count). The molecular formula is C27H30N2O6. The summed E-state index contributed by atoms with van der Waals surface area (Å²) in [6, 6.07) is 8.67. The first-order valence-corrected chi connectivity index (χ1v) is 12.0. The number of Topliss-reactive ketones (excluding diaryl/α,β-unsaturated/α-hetero) is 1. The molecule has 184 valence electrons. The molecule has 2 atom stereocenters. The van der Waals surface area contributed by atoms with Gasteiger partial charge in [0.05, 0.1) is 0 Å². The lowest BCUT2D eigenvalue weighted by Gasteiger charge is -2.31. The summed E-state index contributed by atoms with van der Waals surface area (Å²) in [6.45, 7) is 6.15. The number of nitrogens with two attached hydrogens (primary N) is 1. The van der Waals surface area contributed by atoms with Crippen LogP contribution < -0.4 is 10.5 Å². The summed E-state index contributed by atoms with van der Waals surface area (Å²) >= 11 is 0. The fraction of sp³-hybridized carbons (Fsp3) is 0.444. The summed E-state index contributed by atoms with van der Waals surface area (Å²) in [5.74, 6) is -0.0865. The van der Waals surface area contributed by atoms with Crippen LogP contribution in [0.1, 0.15) is 61.5 Å². The second-order valence-corrected chi connectivity index (χ2v) is 10.3. The van der Waals surface area contributed by atoms with Crippen molar-refractivity contribution in [2.45, 2.75) is 70.8 Å². The van der Waals surface area contributed by atoms with Crippen LogP contribution in [-0.4, -0.2) is 47.0 Å². The van der Waals surface area contributed by atoms with Crippen LogP contribution in [0.3, 0.4) is 0 Å². The van der Waals surface area contributed by atoms with E-state index in [1.807, 2.05) is 24.3 Å². The number of hydrogen-bond donors (Lipinski definition) is 1. The average Bonchev–Trinajstić information content (AvgIpc) is 3.29. The highest BCUT2D eigenvalue weighted by atomic mass is 16.6. The van der Waals surface area contributed by atoms with Crippen LogP contribution in [-0.2, 0) is 27.3 Å². The minimum Gasteiger partial charge on any atom is -0.488 e. The van der Waals surface area contributed by atoms with Crippen LogP contribution >= 0.6 is 0 Å². The summed E-state index contributed by atoms with van der Waals surface area (Å²) in [5, 5.41) is 0. The molecule has 2 aliphatic heterocycles. The molecule has 0 aromatic heterocycles. The fourth-order valence-electron chi connectivity index (χ4n) is 5.09. The largest absolute Gasteiger partial charge is 0.488 e. The number of rotatable bonds is 2. The monoisotopic (exact) mass is 478 g/mol. The van der Waals surface area contributed by atoms with Gasteiger partial charge in [0.15, 0.2) is 6.10 Å². The topological polar surface area (TPSA) is 108 Å². The van der Waals surface area contributed by atoms with Crippen molar-refractivity contribution in [2.24, 2.45) is 0 Å². The molecule has 0 radical (unpaired) electrons. The van der Waals surface area contributed by atoms with Gasteiger partial charge >= 0.3 is 12.1 Å². The zero-order valence-corrected chi connectivity index (χ0v) is 20.3. The summed E-state index contributed by atoms with van der Waals surface area (Å²) < 4.78 is 17.2. The molecule has 1 fully saturated rings. The van der Waals surface area contributed by atoms with Gasteiger partial charge in [-0.05, 0) is 75.8 Å². The number of likely N-dealkylation sites (tertiary alicyclic amines) is 1. The van der Waals surface area contributed by atoms with E-state index in [9.17, 15) is 14.4 Å². The van der Waals surface area contributed by atoms with Crippen LogP contribution in [0.15, 0.2) is 30.3 Å². The summed E-state index contributed by atoms with van der Waals surface area (Å²) in [4.78, 5) is 40.2. The van der Waals surface area contributed by atoms with Crippen molar-refractivity contribution < 1.29 is 28.6 Å². The number of ether oxygens (including phenoxy) is 3. The molecule has 8 nitrogen and oxygen atoms in total. The Kier molecular flexibility index (Phi) is 5.69. The number of anilines is 1. The minimum atomic E-state index is -0.884. The average molecular weight is 479 g/mol. The van der Waals surface area contributed by atoms with E-state index in [1.165, 1.54) is 4.90 Å². The number of hydrogen-bond acceptors (Lipinski definition) is 7. The van der Waals surface area contributed by atoms with Crippen molar-refractivity contribution in [3.63, 3.8) is 0 Å². The van der Waals surface area contributed by atoms with Gasteiger partial charge in [-0.1, -0.05) is 12.1 Å². The van der Waals surface area contributed by atoms with Crippen molar-refractivity contribution in [3.8, 4) is 16.9 Å². The Morgan fingerprint density at radius 2 is 1.83 bits per heavy atom. The highest BCUT2D eigenvalue weighted by Crippen LogP contribution is 2.44. The van der Waals surface area contributed by atoms with Gasteiger partial charge in [0.25, 0.3) is 0 Å². The lowest BCUT2D eigenvalue weighted by molar-refractivity contribution is -0.152. The molecule has 1 aliphatic carbocycles. The zero-order chi connectivity index (χ0) is 24.9. The molecule has 2 aromatic rings. The van der Waals surface area contributed by atoms with Gasteiger partial charge in [0.2, 0.25) is 5.78 Å². The third-order valence-electron chi connectivity index (χ3n) is 6.68. The predicted molar refractivity (Wildman–Crippen MR) is 129 cm³/mol. The summed E-state index contributed by atoms with van der Waals surface area (Å²) in [7, 11) is 0. The number of carbonyl (C=O) groups is 3. The number of ketones is 1. The number of nitrogen functional groups attached to an aromatic ring is 1. The zero-order valence-electron chi connectivity index (χ0n) is 20.3. The van der Waals surface area contributed by atoms with E-state index in [-0.39, 0.29) is 5.78 Å². The van der Waals surface area contributed by atoms with Gasteiger partial charge in [-0.2, -0.15) is 0 Å². The molecule has 3 aliphatic rings. The Morgan fingerprint density at radius 1 is 1.09 bits per heavy atom.